The Balaban J connectivity index is 1.65. The lowest BCUT2D eigenvalue weighted by molar-refractivity contribution is -0.139. The van der Waals surface area contributed by atoms with E-state index in [1.165, 1.54) is 24.0 Å². The summed E-state index contributed by atoms with van der Waals surface area (Å²) in [5.74, 6) is 0.905. The molecule has 2 rings (SSSR count). The Kier molecular flexibility index (Phi) is 9.56. The monoisotopic (exact) mass is 383 g/mol. The van der Waals surface area contributed by atoms with Gasteiger partial charge in [-0.25, -0.2) is 4.79 Å². The molecule has 2 N–H and O–H groups in total. The van der Waals surface area contributed by atoms with Gasteiger partial charge in [0.2, 0.25) is 0 Å². The predicted molar refractivity (Wildman–Crippen MR) is 114 cm³/mol. The number of aliphatic carboxylic acids is 1. The number of ether oxygens (including phenoxy) is 1. The number of hydrogen-bond acceptors (Lipinski definition) is 3. The van der Waals surface area contributed by atoms with Crippen LogP contribution in [0, 0.1) is 11.8 Å². The summed E-state index contributed by atoms with van der Waals surface area (Å²) >= 11 is 0. The van der Waals surface area contributed by atoms with Gasteiger partial charge < -0.3 is 15.2 Å². The van der Waals surface area contributed by atoms with Gasteiger partial charge in [0.05, 0.1) is 0 Å². The van der Waals surface area contributed by atoms with E-state index in [9.17, 15) is 4.79 Å². The number of rotatable bonds is 13. The lowest BCUT2D eigenvalue weighted by atomic mass is 9.94. The zero-order valence-electron chi connectivity index (χ0n) is 17.1. The summed E-state index contributed by atoms with van der Waals surface area (Å²) in [6, 6.07) is 18.5. The summed E-state index contributed by atoms with van der Waals surface area (Å²) in [5, 5.41) is 12.3. The van der Waals surface area contributed by atoms with E-state index in [4.69, 9.17) is 9.84 Å². The number of hydrogen-bond donors (Lipinski definition) is 2. The van der Waals surface area contributed by atoms with Crippen LogP contribution in [0.5, 0.6) is 5.75 Å². The molecule has 0 aliphatic carbocycles. The van der Waals surface area contributed by atoms with Crippen LogP contribution < -0.4 is 10.1 Å². The van der Waals surface area contributed by atoms with Crippen molar-refractivity contribution < 1.29 is 14.6 Å². The standard InChI is InChI=1S/C24H33NO3/c1-3-20(16-21-7-5-4-6-8-21)13-14-25-17-19(2)15-22-9-11-23(12-10-22)28-18-24(26)27/h4-12,19-20,25H,3,13-18H2,1-2H3,(H,26,27)/t19-,20?/m1/s1. The average Bonchev–Trinajstić information content (AvgIpc) is 2.70. The third kappa shape index (κ3) is 8.57. The van der Waals surface area contributed by atoms with E-state index >= 15 is 0 Å². The largest absolute Gasteiger partial charge is 0.482 e. The minimum Gasteiger partial charge on any atom is -0.482 e. The Morgan fingerprint density at radius 2 is 1.71 bits per heavy atom. The lowest BCUT2D eigenvalue weighted by Crippen LogP contribution is -2.25. The molecule has 0 radical (unpaired) electrons. The second kappa shape index (κ2) is 12.2. The van der Waals surface area contributed by atoms with Gasteiger partial charge in [0.15, 0.2) is 6.61 Å². The molecule has 2 aromatic rings. The third-order valence-corrected chi connectivity index (χ3v) is 5.04. The molecule has 4 heteroatoms. The smallest absolute Gasteiger partial charge is 0.341 e. The summed E-state index contributed by atoms with van der Waals surface area (Å²) in [7, 11) is 0. The van der Waals surface area contributed by atoms with E-state index in [1.54, 1.807) is 0 Å². The topological polar surface area (TPSA) is 58.6 Å². The fourth-order valence-electron chi connectivity index (χ4n) is 3.39. The van der Waals surface area contributed by atoms with Gasteiger partial charge >= 0.3 is 5.97 Å². The first kappa shape index (κ1) is 22.0. The van der Waals surface area contributed by atoms with Gasteiger partial charge in [0, 0.05) is 0 Å². The zero-order valence-corrected chi connectivity index (χ0v) is 17.1. The van der Waals surface area contributed by atoms with Crippen LogP contribution in [0.3, 0.4) is 0 Å². The van der Waals surface area contributed by atoms with Crippen molar-refractivity contribution >= 4 is 5.97 Å². The molecule has 0 aliphatic rings. The highest BCUT2D eigenvalue weighted by atomic mass is 16.5. The lowest BCUT2D eigenvalue weighted by Gasteiger charge is -2.17. The first-order valence-corrected chi connectivity index (χ1v) is 10.2. The van der Waals surface area contributed by atoms with Crippen LogP contribution in [0.2, 0.25) is 0 Å². The second-order valence-corrected chi connectivity index (χ2v) is 7.59. The number of carboxylic acids is 1. The quantitative estimate of drug-likeness (QED) is 0.497. The fourth-order valence-corrected chi connectivity index (χ4v) is 3.39. The average molecular weight is 384 g/mol. The van der Waals surface area contributed by atoms with Gasteiger partial charge in [0.25, 0.3) is 0 Å². The molecule has 0 fully saturated rings. The van der Waals surface area contributed by atoms with Gasteiger partial charge in [-0.05, 0) is 67.4 Å². The number of carbonyl (C=O) groups is 1. The van der Waals surface area contributed by atoms with E-state index in [1.807, 2.05) is 24.3 Å². The minimum atomic E-state index is -0.960. The van der Waals surface area contributed by atoms with Crippen molar-refractivity contribution in [3.63, 3.8) is 0 Å². The molecule has 0 saturated carbocycles. The first-order valence-electron chi connectivity index (χ1n) is 10.2. The maximum atomic E-state index is 10.5. The molecular formula is C24H33NO3. The molecule has 0 aromatic heterocycles. The maximum Gasteiger partial charge on any atom is 0.341 e. The molecule has 0 aliphatic heterocycles. The fraction of sp³-hybridized carbons (Fsp3) is 0.458. The maximum absolute atomic E-state index is 10.5. The normalized spacial score (nSPS) is 13.1. The highest BCUT2D eigenvalue weighted by molar-refractivity contribution is 5.68. The highest BCUT2D eigenvalue weighted by Gasteiger charge is 2.09. The van der Waals surface area contributed by atoms with Crippen LogP contribution in [0.4, 0.5) is 0 Å². The number of benzene rings is 2. The molecule has 0 heterocycles. The molecule has 0 amide bonds. The van der Waals surface area contributed by atoms with Crippen molar-refractivity contribution in [1.82, 2.24) is 5.32 Å². The molecule has 0 bridgehead atoms. The molecule has 0 saturated heterocycles. The van der Waals surface area contributed by atoms with Crippen LogP contribution in [-0.2, 0) is 17.6 Å². The zero-order chi connectivity index (χ0) is 20.2. The molecule has 28 heavy (non-hydrogen) atoms. The molecule has 2 aromatic carbocycles. The van der Waals surface area contributed by atoms with Crippen molar-refractivity contribution in [1.29, 1.82) is 0 Å². The van der Waals surface area contributed by atoms with E-state index in [0.29, 0.717) is 11.7 Å². The van der Waals surface area contributed by atoms with Crippen molar-refractivity contribution in [2.24, 2.45) is 11.8 Å². The molecule has 2 atom stereocenters. The van der Waals surface area contributed by atoms with Crippen molar-refractivity contribution in [3.8, 4) is 5.75 Å². The number of nitrogens with one attached hydrogen (secondary N) is 1. The Morgan fingerprint density at radius 1 is 1.04 bits per heavy atom. The molecule has 152 valence electrons. The SMILES string of the molecule is CCC(CCNC[C@H](C)Cc1ccc(OCC(=O)O)cc1)Cc1ccccc1. The predicted octanol–water partition coefficient (Wildman–Crippen LogP) is 4.58. The van der Waals surface area contributed by atoms with Gasteiger partial charge in [-0.2, -0.15) is 0 Å². The summed E-state index contributed by atoms with van der Waals surface area (Å²) in [5.41, 5.74) is 2.67. The van der Waals surface area contributed by atoms with Gasteiger partial charge in [-0.3, -0.25) is 0 Å². The van der Waals surface area contributed by atoms with Crippen LogP contribution in [-0.4, -0.2) is 30.8 Å². The van der Waals surface area contributed by atoms with Crippen molar-refractivity contribution in [2.75, 3.05) is 19.7 Å². The molecule has 1 unspecified atom stereocenters. The summed E-state index contributed by atoms with van der Waals surface area (Å²) in [6.45, 7) is 6.28. The number of carboxylic acid groups (broad SMARTS) is 1. The van der Waals surface area contributed by atoms with Gasteiger partial charge in [0.1, 0.15) is 5.75 Å². The van der Waals surface area contributed by atoms with Crippen LogP contribution in [0.1, 0.15) is 37.8 Å². The molecular weight excluding hydrogens is 350 g/mol. The van der Waals surface area contributed by atoms with E-state index in [2.05, 4.69) is 49.5 Å². The molecule has 4 nitrogen and oxygen atoms in total. The van der Waals surface area contributed by atoms with E-state index < -0.39 is 5.97 Å². The molecule has 0 spiro atoms. The van der Waals surface area contributed by atoms with E-state index in [0.717, 1.165) is 31.8 Å². The van der Waals surface area contributed by atoms with Crippen LogP contribution in [0.25, 0.3) is 0 Å². The summed E-state index contributed by atoms with van der Waals surface area (Å²) in [6.07, 6.45) is 4.56. The van der Waals surface area contributed by atoms with Crippen LogP contribution >= 0.6 is 0 Å². The Bertz CT molecular complexity index is 685. The Hall–Kier alpha value is -2.33. The van der Waals surface area contributed by atoms with E-state index in [-0.39, 0.29) is 6.61 Å². The van der Waals surface area contributed by atoms with Gasteiger partial charge in [-0.15, -0.1) is 0 Å². The van der Waals surface area contributed by atoms with Crippen molar-refractivity contribution in [3.05, 3.63) is 65.7 Å². The second-order valence-electron chi connectivity index (χ2n) is 7.59. The Morgan fingerprint density at radius 3 is 2.36 bits per heavy atom. The summed E-state index contributed by atoms with van der Waals surface area (Å²) < 4.78 is 5.17. The third-order valence-electron chi connectivity index (χ3n) is 5.04. The summed E-state index contributed by atoms with van der Waals surface area (Å²) in [4.78, 5) is 10.5. The Labute approximate surface area is 168 Å². The van der Waals surface area contributed by atoms with Gasteiger partial charge in [-0.1, -0.05) is 62.7 Å². The highest BCUT2D eigenvalue weighted by Crippen LogP contribution is 2.16. The van der Waals surface area contributed by atoms with Crippen LogP contribution in [0.15, 0.2) is 54.6 Å². The minimum absolute atomic E-state index is 0.303. The van der Waals surface area contributed by atoms with Crippen molar-refractivity contribution in [2.45, 2.75) is 39.5 Å². The first-order chi connectivity index (χ1) is 13.6.